The van der Waals surface area contributed by atoms with Gasteiger partial charge in [-0.25, -0.2) is 4.79 Å². The molecule has 1 fully saturated rings. The summed E-state index contributed by atoms with van der Waals surface area (Å²) in [6.07, 6.45) is 3.36. The maximum absolute atomic E-state index is 12.8. The molecular weight excluding hydrogens is 328 g/mol. The number of piperidine rings is 1. The molecule has 26 heavy (non-hydrogen) atoms. The molecule has 0 aliphatic carbocycles. The third-order valence-corrected chi connectivity index (χ3v) is 5.75. The molecule has 1 aromatic heterocycles. The van der Waals surface area contributed by atoms with Crippen LogP contribution >= 0.6 is 0 Å². The number of hydrogen-bond acceptors (Lipinski definition) is 3. The van der Waals surface area contributed by atoms with Crippen LogP contribution in [0.5, 0.6) is 0 Å². The molecule has 142 valence electrons. The van der Waals surface area contributed by atoms with Gasteiger partial charge >= 0.3 is 5.69 Å². The number of amides is 1. The number of likely N-dealkylation sites (tertiary alicyclic amines) is 1. The van der Waals surface area contributed by atoms with Crippen LogP contribution < -0.4 is 5.69 Å². The predicted molar refractivity (Wildman–Crippen MR) is 104 cm³/mol. The van der Waals surface area contributed by atoms with Crippen molar-refractivity contribution in [2.24, 2.45) is 14.1 Å². The highest BCUT2D eigenvalue weighted by Gasteiger charge is 2.25. The SMILES string of the molecule is CCN(C(=O)CCc1ccc2c(c1)n(C)c(=O)n2C)C1CCN(C)CC1. The van der Waals surface area contributed by atoms with E-state index < -0.39 is 0 Å². The molecular formula is C20H30N4O2. The minimum Gasteiger partial charge on any atom is -0.340 e. The zero-order chi connectivity index (χ0) is 18.8. The Morgan fingerprint density at radius 3 is 2.42 bits per heavy atom. The first kappa shape index (κ1) is 18.7. The van der Waals surface area contributed by atoms with Crippen LogP contribution in [0.4, 0.5) is 0 Å². The molecule has 1 saturated heterocycles. The van der Waals surface area contributed by atoms with E-state index in [-0.39, 0.29) is 11.6 Å². The molecule has 0 N–H and O–H groups in total. The Morgan fingerprint density at radius 1 is 1.12 bits per heavy atom. The maximum atomic E-state index is 12.8. The molecule has 0 unspecified atom stereocenters. The molecule has 0 bridgehead atoms. The van der Waals surface area contributed by atoms with Crippen molar-refractivity contribution in [2.75, 3.05) is 26.7 Å². The standard InChI is InChI=1S/C20H30N4O2/c1-5-24(16-10-12-21(2)13-11-16)19(25)9-7-15-6-8-17-18(14-15)23(4)20(26)22(17)3/h6,8,14,16H,5,7,9-13H2,1-4H3. The van der Waals surface area contributed by atoms with E-state index in [1.54, 1.807) is 23.2 Å². The highest BCUT2D eigenvalue weighted by Crippen LogP contribution is 2.19. The number of benzene rings is 1. The van der Waals surface area contributed by atoms with E-state index in [9.17, 15) is 9.59 Å². The highest BCUT2D eigenvalue weighted by atomic mass is 16.2. The Kier molecular flexibility index (Phi) is 5.51. The van der Waals surface area contributed by atoms with Crippen LogP contribution in [0.25, 0.3) is 11.0 Å². The normalized spacial score (nSPS) is 16.3. The zero-order valence-corrected chi connectivity index (χ0v) is 16.4. The zero-order valence-electron chi connectivity index (χ0n) is 16.4. The topological polar surface area (TPSA) is 50.5 Å². The van der Waals surface area contributed by atoms with E-state index >= 15 is 0 Å². The van der Waals surface area contributed by atoms with Gasteiger partial charge in [0.15, 0.2) is 0 Å². The van der Waals surface area contributed by atoms with Gasteiger partial charge in [-0.2, -0.15) is 0 Å². The molecule has 0 radical (unpaired) electrons. The minimum atomic E-state index is -0.0207. The number of aryl methyl sites for hydroxylation is 3. The molecule has 6 heteroatoms. The van der Waals surface area contributed by atoms with E-state index in [2.05, 4.69) is 23.8 Å². The average molecular weight is 358 g/mol. The molecule has 1 aliphatic rings. The Labute approximate surface area is 155 Å². The first-order chi connectivity index (χ1) is 12.4. The summed E-state index contributed by atoms with van der Waals surface area (Å²) in [5.74, 6) is 0.240. The molecule has 0 saturated carbocycles. The molecule has 0 spiro atoms. The van der Waals surface area contributed by atoms with Gasteiger partial charge in [0.25, 0.3) is 0 Å². The summed E-state index contributed by atoms with van der Waals surface area (Å²) in [5, 5.41) is 0. The van der Waals surface area contributed by atoms with Gasteiger partial charge in [0.2, 0.25) is 5.91 Å². The Hall–Kier alpha value is -2.08. The van der Waals surface area contributed by atoms with Crippen molar-refractivity contribution in [3.05, 3.63) is 34.2 Å². The number of imidazole rings is 1. The second-order valence-electron chi connectivity index (χ2n) is 7.44. The van der Waals surface area contributed by atoms with Crippen molar-refractivity contribution in [1.82, 2.24) is 18.9 Å². The number of nitrogens with zero attached hydrogens (tertiary/aromatic N) is 4. The molecule has 0 atom stereocenters. The van der Waals surface area contributed by atoms with Gasteiger partial charge in [-0.3, -0.25) is 13.9 Å². The molecule has 1 aromatic carbocycles. The van der Waals surface area contributed by atoms with E-state index in [1.165, 1.54) is 0 Å². The Morgan fingerprint density at radius 2 is 1.77 bits per heavy atom. The third kappa shape index (κ3) is 3.56. The van der Waals surface area contributed by atoms with Crippen LogP contribution in [-0.2, 0) is 25.3 Å². The van der Waals surface area contributed by atoms with Gasteiger partial charge in [-0.05, 0) is 64.0 Å². The van der Waals surface area contributed by atoms with E-state index in [4.69, 9.17) is 0 Å². The molecule has 2 heterocycles. The Balaban J connectivity index is 1.67. The third-order valence-electron chi connectivity index (χ3n) is 5.75. The quantitative estimate of drug-likeness (QED) is 0.818. The number of carbonyl (C=O) groups is 1. The first-order valence-corrected chi connectivity index (χ1v) is 9.54. The van der Waals surface area contributed by atoms with Crippen LogP contribution in [0.3, 0.4) is 0 Å². The van der Waals surface area contributed by atoms with Gasteiger partial charge < -0.3 is 9.80 Å². The van der Waals surface area contributed by atoms with Crippen LogP contribution in [-0.4, -0.2) is 57.6 Å². The summed E-state index contributed by atoms with van der Waals surface area (Å²) < 4.78 is 3.32. The van der Waals surface area contributed by atoms with Crippen molar-refractivity contribution >= 4 is 16.9 Å². The smallest absolute Gasteiger partial charge is 0.328 e. The van der Waals surface area contributed by atoms with E-state index in [0.29, 0.717) is 18.9 Å². The number of fused-ring (bicyclic) bond motifs is 1. The fourth-order valence-electron chi connectivity index (χ4n) is 4.05. The van der Waals surface area contributed by atoms with E-state index in [0.717, 1.165) is 49.1 Å². The van der Waals surface area contributed by atoms with Gasteiger partial charge in [0.05, 0.1) is 11.0 Å². The van der Waals surface area contributed by atoms with Crippen molar-refractivity contribution in [3.8, 4) is 0 Å². The molecule has 3 rings (SSSR count). The lowest BCUT2D eigenvalue weighted by Crippen LogP contribution is -2.46. The second kappa shape index (κ2) is 7.66. The van der Waals surface area contributed by atoms with Crippen molar-refractivity contribution in [3.63, 3.8) is 0 Å². The van der Waals surface area contributed by atoms with Crippen molar-refractivity contribution in [2.45, 2.75) is 38.6 Å². The molecule has 6 nitrogen and oxygen atoms in total. The fraction of sp³-hybridized carbons (Fsp3) is 0.600. The van der Waals surface area contributed by atoms with Crippen LogP contribution in [0.15, 0.2) is 23.0 Å². The highest BCUT2D eigenvalue weighted by molar-refractivity contribution is 5.78. The van der Waals surface area contributed by atoms with Crippen molar-refractivity contribution in [1.29, 1.82) is 0 Å². The average Bonchev–Trinajstić information content (AvgIpc) is 2.86. The summed E-state index contributed by atoms with van der Waals surface area (Å²) in [4.78, 5) is 29.2. The summed E-state index contributed by atoms with van der Waals surface area (Å²) >= 11 is 0. The van der Waals surface area contributed by atoms with Crippen LogP contribution in [0, 0.1) is 0 Å². The van der Waals surface area contributed by atoms with Crippen molar-refractivity contribution < 1.29 is 4.79 Å². The largest absolute Gasteiger partial charge is 0.340 e. The Bertz CT molecular complexity index is 843. The first-order valence-electron chi connectivity index (χ1n) is 9.54. The lowest BCUT2D eigenvalue weighted by molar-refractivity contribution is -0.134. The van der Waals surface area contributed by atoms with Crippen LogP contribution in [0.1, 0.15) is 31.7 Å². The maximum Gasteiger partial charge on any atom is 0.328 e. The predicted octanol–water partition coefficient (Wildman–Crippen LogP) is 1.75. The fourth-order valence-corrected chi connectivity index (χ4v) is 4.05. The van der Waals surface area contributed by atoms with Gasteiger partial charge in [0.1, 0.15) is 0 Å². The van der Waals surface area contributed by atoms with Gasteiger partial charge in [-0.1, -0.05) is 6.07 Å². The number of rotatable bonds is 5. The lowest BCUT2D eigenvalue weighted by atomic mass is 10.0. The number of hydrogen-bond donors (Lipinski definition) is 0. The number of aromatic nitrogens is 2. The summed E-state index contributed by atoms with van der Waals surface area (Å²) in [6.45, 7) is 4.97. The summed E-state index contributed by atoms with van der Waals surface area (Å²) in [6, 6.07) is 6.42. The second-order valence-corrected chi connectivity index (χ2v) is 7.44. The number of carbonyl (C=O) groups excluding carboxylic acids is 1. The minimum absolute atomic E-state index is 0.0207. The molecule has 1 aliphatic heterocycles. The summed E-state index contributed by atoms with van der Waals surface area (Å²) in [5.41, 5.74) is 2.93. The van der Waals surface area contributed by atoms with Gasteiger partial charge in [0, 0.05) is 33.1 Å². The van der Waals surface area contributed by atoms with E-state index in [1.807, 2.05) is 18.2 Å². The molecule has 2 aromatic rings. The van der Waals surface area contributed by atoms with Crippen LogP contribution in [0.2, 0.25) is 0 Å². The summed E-state index contributed by atoms with van der Waals surface area (Å²) in [7, 11) is 5.72. The lowest BCUT2D eigenvalue weighted by Gasteiger charge is -2.37. The van der Waals surface area contributed by atoms with Gasteiger partial charge in [-0.15, -0.1) is 0 Å². The molecule has 1 amide bonds. The monoisotopic (exact) mass is 358 g/mol.